The van der Waals surface area contributed by atoms with E-state index < -0.39 is 10.0 Å². The molecule has 0 bridgehead atoms. The number of aryl methyl sites for hydroxylation is 1. The molecule has 7 heteroatoms. The van der Waals surface area contributed by atoms with Gasteiger partial charge in [0.1, 0.15) is 10.6 Å². The Hall–Kier alpha value is -0.820. The minimum atomic E-state index is -3.70. The molecule has 5 nitrogen and oxygen atoms in total. The number of ether oxygens (including phenoxy) is 2. The first-order valence-electron chi connectivity index (χ1n) is 7.17. The molecule has 0 aliphatic carbocycles. The predicted octanol–water partition coefficient (Wildman–Crippen LogP) is 2.76. The Labute approximate surface area is 137 Å². The Kier molecular flexibility index (Phi) is 5.06. The van der Waals surface area contributed by atoms with Crippen LogP contribution in [0.5, 0.6) is 5.75 Å². The maximum Gasteiger partial charge on any atom is 0.247 e. The van der Waals surface area contributed by atoms with E-state index in [1.54, 1.807) is 13.0 Å². The van der Waals surface area contributed by atoms with Gasteiger partial charge in [0.05, 0.1) is 19.3 Å². The summed E-state index contributed by atoms with van der Waals surface area (Å²) in [7, 11) is -2.23. The van der Waals surface area contributed by atoms with Crippen LogP contribution >= 0.6 is 11.6 Å². The van der Waals surface area contributed by atoms with Gasteiger partial charge in [0, 0.05) is 18.1 Å². The van der Waals surface area contributed by atoms with Crippen molar-refractivity contribution in [2.24, 2.45) is 0 Å². The number of halogens is 1. The minimum absolute atomic E-state index is 0.145. The SMILES string of the molecule is COc1cc(C)c(Cl)c(C)c1S(=O)(=O)N1C[C@@H](C)O[C@@H](C)C1. The lowest BCUT2D eigenvalue weighted by Crippen LogP contribution is -2.48. The maximum absolute atomic E-state index is 13.1. The molecule has 0 unspecified atom stereocenters. The van der Waals surface area contributed by atoms with Crippen LogP contribution in [-0.2, 0) is 14.8 Å². The topological polar surface area (TPSA) is 55.8 Å². The molecule has 1 aliphatic rings. The average Bonchev–Trinajstić information content (AvgIpc) is 2.42. The van der Waals surface area contributed by atoms with E-state index in [4.69, 9.17) is 21.1 Å². The van der Waals surface area contributed by atoms with Crippen LogP contribution in [0.2, 0.25) is 5.02 Å². The number of morpholine rings is 1. The van der Waals surface area contributed by atoms with Crippen LogP contribution in [0.4, 0.5) is 0 Å². The van der Waals surface area contributed by atoms with E-state index in [-0.39, 0.29) is 17.1 Å². The number of hydrogen-bond donors (Lipinski definition) is 0. The fourth-order valence-corrected chi connectivity index (χ4v) is 5.00. The van der Waals surface area contributed by atoms with Gasteiger partial charge < -0.3 is 9.47 Å². The molecule has 0 aromatic heterocycles. The molecule has 0 N–H and O–H groups in total. The van der Waals surface area contributed by atoms with Crippen LogP contribution < -0.4 is 4.74 Å². The number of methoxy groups -OCH3 is 1. The second-order valence-corrected chi connectivity index (χ2v) is 8.00. The van der Waals surface area contributed by atoms with Gasteiger partial charge in [0.25, 0.3) is 0 Å². The summed E-state index contributed by atoms with van der Waals surface area (Å²) in [5, 5.41) is 0.453. The summed E-state index contributed by atoms with van der Waals surface area (Å²) in [5.41, 5.74) is 1.31. The lowest BCUT2D eigenvalue weighted by atomic mass is 10.1. The number of benzene rings is 1. The molecule has 0 spiro atoms. The van der Waals surface area contributed by atoms with Gasteiger partial charge in [-0.25, -0.2) is 8.42 Å². The minimum Gasteiger partial charge on any atom is -0.495 e. The molecule has 124 valence electrons. The maximum atomic E-state index is 13.1. The zero-order chi connectivity index (χ0) is 16.7. The van der Waals surface area contributed by atoms with Gasteiger partial charge in [-0.2, -0.15) is 4.31 Å². The molecule has 0 amide bonds. The molecule has 1 aliphatic heterocycles. The molecule has 1 aromatic carbocycles. The molecule has 0 saturated carbocycles. The molecule has 1 heterocycles. The summed E-state index contributed by atoms with van der Waals surface area (Å²) in [6, 6.07) is 1.66. The van der Waals surface area contributed by atoms with Crippen molar-refractivity contribution < 1.29 is 17.9 Å². The molecule has 1 saturated heterocycles. The second kappa shape index (κ2) is 6.35. The smallest absolute Gasteiger partial charge is 0.247 e. The first kappa shape index (κ1) is 17.5. The van der Waals surface area contributed by atoms with E-state index in [1.807, 2.05) is 20.8 Å². The summed E-state index contributed by atoms with van der Waals surface area (Å²) in [6.07, 6.45) is -0.295. The Morgan fingerprint density at radius 1 is 1.27 bits per heavy atom. The fraction of sp³-hybridized carbons (Fsp3) is 0.600. The fourth-order valence-electron chi connectivity index (χ4n) is 2.83. The zero-order valence-corrected chi connectivity index (χ0v) is 15.1. The second-order valence-electron chi connectivity index (χ2n) is 5.74. The van der Waals surface area contributed by atoms with Crippen LogP contribution in [0.1, 0.15) is 25.0 Å². The first-order chi connectivity index (χ1) is 10.2. The van der Waals surface area contributed by atoms with Crippen molar-refractivity contribution >= 4 is 21.6 Å². The van der Waals surface area contributed by atoms with Crippen molar-refractivity contribution in [1.82, 2.24) is 4.31 Å². The van der Waals surface area contributed by atoms with E-state index in [1.165, 1.54) is 11.4 Å². The number of nitrogens with zero attached hydrogens (tertiary/aromatic N) is 1. The van der Waals surface area contributed by atoms with Crippen molar-refractivity contribution in [2.75, 3.05) is 20.2 Å². The van der Waals surface area contributed by atoms with Gasteiger partial charge in [-0.1, -0.05) is 11.6 Å². The average molecular weight is 348 g/mol. The molecule has 22 heavy (non-hydrogen) atoms. The van der Waals surface area contributed by atoms with E-state index in [0.717, 1.165) is 5.56 Å². The van der Waals surface area contributed by atoms with Gasteiger partial charge in [-0.15, -0.1) is 0 Å². The molecule has 1 fully saturated rings. The van der Waals surface area contributed by atoms with Crippen LogP contribution in [0.25, 0.3) is 0 Å². The third-order valence-corrected chi connectivity index (χ3v) is 6.37. The molecule has 2 atom stereocenters. The summed E-state index contributed by atoms with van der Waals surface area (Å²) >= 11 is 6.25. The highest BCUT2D eigenvalue weighted by Crippen LogP contribution is 2.37. The van der Waals surface area contributed by atoms with Crippen molar-refractivity contribution in [3.05, 3.63) is 22.2 Å². The summed E-state index contributed by atoms with van der Waals surface area (Å²) < 4.78 is 38.5. The van der Waals surface area contributed by atoms with Gasteiger partial charge in [0.2, 0.25) is 10.0 Å². The molecule has 2 rings (SSSR count). The number of rotatable bonds is 3. The summed E-state index contributed by atoms with van der Waals surface area (Å²) in [5.74, 6) is 0.325. The van der Waals surface area contributed by atoms with Crippen LogP contribution in [-0.4, -0.2) is 45.1 Å². The Bertz CT molecular complexity index is 665. The summed E-state index contributed by atoms with van der Waals surface area (Å²) in [4.78, 5) is 0.145. The Morgan fingerprint density at radius 2 is 1.82 bits per heavy atom. The van der Waals surface area contributed by atoms with Crippen LogP contribution in [0, 0.1) is 13.8 Å². The zero-order valence-electron chi connectivity index (χ0n) is 13.5. The molecule has 0 radical (unpaired) electrons. The number of hydrogen-bond acceptors (Lipinski definition) is 4. The molecular formula is C15H22ClNO4S. The van der Waals surface area contributed by atoms with E-state index >= 15 is 0 Å². The highest BCUT2D eigenvalue weighted by Gasteiger charge is 2.35. The van der Waals surface area contributed by atoms with Gasteiger partial charge in [0.15, 0.2) is 0 Å². The quantitative estimate of drug-likeness (QED) is 0.843. The molecule has 1 aromatic rings. The number of sulfonamides is 1. The lowest BCUT2D eigenvalue weighted by Gasteiger charge is -2.35. The largest absolute Gasteiger partial charge is 0.495 e. The van der Waals surface area contributed by atoms with Gasteiger partial charge in [-0.05, 0) is 44.9 Å². The third-order valence-electron chi connectivity index (χ3n) is 3.79. The van der Waals surface area contributed by atoms with Gasteiger partial charge in [-0.3, -0.25) is 0 Å². The Balaban J connectivity index is 2.56. The van der Waals surface area contributed by atoms with E-state index in [0.29, 0.717) is 29.4 Å². The normalized spacial score (nSPS) is 23.5. The van der Waals surface area contributed by atoms with Gasteiger partial charge >= 0.3 is 0 Å². The van der Waals surface area contributed by atoms with Crippen molar-refractivity contribution in [3.8, 4) is 5.75 Å². The summed E-state index contributed by atoms with van der Waals surface area (Å²) in [6.45, 7) is 7.90. The Morgan fingerprint density at radius 3 is 2.32 bits per heavy atom. The molecular weight excluding hydrogens is 326 g/mol. The first-order valence-corrected chi connectivity index (χ1v) is 8.99. The standard InChI is InChI=1S/C15H22ClNO4S/c1-9-6-13(20-5)15(12(4)14(9)16)22(18,19)17-7-10(2)21-11(3)8-17/h6,10-11H,7-8H2,1-5H3/t10-,11+. The highest BCUT2D eigenvalue weighted by atomic mass is 35.5. The van der Waals surface area contributed by atoms with E-state index in [9.17, 15) is 8.42 Å². The third kappa shape index (κ3) is 3.11. The van der Waals surface area contributed by atoms with Crippen LogP contribution in [0.15, 0.2) is 11.0 Å². The predicted molar refractivity (Wildman–Crippen MR) is 86.2 cm³/mol. The van der Waals surface area contributed by atoms with Crippen molar-refractivity contribution in [3.63, 3.8) is 0 Å². The van der Waals surface area contributed by atoms with Crippen molar-refractivity contribution in [2.45, 2.75) is 44.8 Å². The monoisotopic (exact) mass is 347 g/mol. The lowest BCUT2D eigenvalue weighted by molar-refractivity contribution is -0.0441. The van der Waals surface area contributed by atoms with E-state index in [2.05, 4.69) is 0 Å². The highest BCUT2D eigenvalue weighted by molar-refractivity contribution is 7.89. The van der Waals surface area contributed by atoms with Crippen LogP contribution in [0.3, 0.4) is 0 Å². The van der Waals surface area contributed by atoms with Crippen molar-refractivity contribution in [1.29, 1.82) is 0 Å².